The first-order valence-electron chi connectivity index (χ1n) is 9.62. The Kier molecular flexibility index (Phi) is 16.9. The van der Waals surface area contributed by atoms with Gasteiger partial charge < -0.3 is 10.5 Å². The molecule has 3 radical (unpaired) electrons. The molecule has 29 heavy (non-hydrogen) atoms. The smallest absolute Gasteiger partial charge is 0.0492 e. The summed E-state index contributed by atoms with van der Waals surface area (Å²) in [5.41, 5.74) is 3.95. The van der Waals surface area contributed by atoms with E-state index in [4.69, 9.17) is 0 Å². The van der Waals surface area contributed by atoms with Crippen molar-refractivity contribution >= 4 is 21.9 Å². The van der Waals surface area contributed by atoms with E-state index in [0.717, 1.165) is 22.3 Å². The summed E-state index contributed by atoms with van der Waals surface area (Å²) >= 11 is 0. The molecule has 0 aliphatic heterocycles. The minimum absolute atomic E-state index is 0. The molecule has 1 aromatic carbocycles. The van der Waals surface area contributed by atoms with E-state index >= 15 is 0 Å². The van der Waals surface area contributed by atoms with E-state index in [-0.39, 0.29) is 24.3 Å². The summed E-state index contributed by atoms with van der Waals surface area (Å²) in [5.74, 6) is 0.164. The summed E-state index contributed by atoms with van der Waals surface area (Å²) in [7, 11) is -1.72. The van der Waals surface area contributed by atoms with Gasteiger partial charge in [-0.1, -0.05) is 81.7 Å². The van der Waals surface area contributed by atoms with Gasteiger partial charge in [0.2, 0.25) is 0 Å². The van der Waals surface area contributed by atoms with Gasteiger partial charge in [0.05, 0.1) is 0 Å². The largest absolute Gasteiger partial charge is 0.872 e. The second kappa shape index (κ2) is 14.9. The number of nitrogens with zero attached hydrogens (tertiary/aromatic N) is 1. The summed E-state index contributed by atoms with van der Waals surface area (Å²) in [6.45, 7) is 28.6. The van der Waals surface area contributed by atoms with Crippen LogP contribution in [0.15, 0.2) is 41.5 Å². The molecule has 0 amide bonds. The molecule has 0 fully saturated rings. The minimum atomic E-state index is -0.861. The van der Waals surface area contributed by atoms with Crippen molar-refractivity contribution < 1.29 is 23.7 Å². The predicted octanol–water partition coefficient (Wildman–Crippen LogP) is 6.88. The van der Waals surface area contributed by atoms with Crippen LogP contribution in [0.4, 0.5) is 0 Å². The summed E-state index contributed by atoms with van der Waals surface area (Å²) in [4.78, 5) is 0. The Bertz CT molecular complexity index is 617. The van der Waals surface area contributed by atoms with E-state index in [1.165, 1.54) is 0 Å². The maximum absolute atomic E-state index is 11.0. The Morgan fingerprint density at radius 2 is 1.07 bits per heavy atom. The third-order valence-corrected chi connectivity index (χ3v) is 2.85. The van der Waals surface area contributed by atoms with Crippen LogP contribution in [0.3, 0.4) is 0 Å². The van der Waals surface area contributed by atoms with Crippen molar-refractivity contribution in [2.24, 2.45) is 0 Å². The molecule has 0 aromatic heterocycles. The van der Waals surface area contributed by atoms with Gasteiger partial charge in [0.15, 0.2) is 0 Å². The third-order valence-electron chi connectivity index (χ3n) is 2.85. The summed E-state index contributed by atoms with van der Waals surface area (Å²) < 4.78 is 0. The Morgan fingerprint density at radius 1 is 0.793 bits per heavy atom. The molecule has 5 heteroatoms. The number of aryl methyl sites for hydroxylation is 2. The first-order valence-corrected chi connectivity index (χ1v) is 17.0. The number of hydrogen-bond donors (Lipinski definition) is 0. The molecular weight excluding hydrogens is 425 g/mol. The average molecular weight is 466 g/mol. The number of para-hydroxylation sites is 1. The van der Waals surface area contributed by atoms with Crippen LogP contribution in [-0.2, 0) is 18.6 Å². The van der Waals surface area contributed by atoms with Crippen molar-refractivity contribution in [3.05, 3.63) is 77.5 Å². The second-order valence-corrected chi connectivity index (χ2v) is 19.8. The van der Waals surface area contributed by atoms with Crippen LogP contribution < -0.4 is 5.11 Å². The van der Waals surface area contributed by atoms with Crippen LogP contribution in [0.5, 0.6) is 5.75 Å². The molecule has 1 aliphatic rings. The summed E-state index contributed by atoms with van der Waals surface area (Å²) in [5, 5.41) is 20.2. The monoisotopic (exact) mass is 465 g/mol. The zero-order chi connectivity index (χ0) is 22.7. The quantitative estimate of drug-likeness (QED) is 0.304. The van der Waals surface area contributed by atoms with Gasteiger partial charge in [-0.3, -0.25) is 0 Å². The van der Waals surface area contributed by atoms with Crippen molar-refractivity contribution in [1.82, 2.24) is 0 Å². The maximum atomic E-state index is 11.0. The molecule has 2 rings (SSSR count). The normalized spacial score (nSPS) is 12.8. The Hall–Kier alpha value is -0.942. The van der Waals surface area contributed by atoms with Crippen molar-refractivity contribution in [3.8, 4) is 5.75 Å². The summed E-state index contributed by atoms with van der Waals surface area (Å²) in [6, 6.07) is 5.55. The Morgan fingerprint density at radius 3 is 1.28 bits per heavy atom. The fourth-order valence-electron chi connectivity index (χ4n) is 1.60. The zero-order valence-electron chi connectivity index (χ0n) is 20.2. The Balaban J connectivity index is -0.000000321. The van der Waals surface area contributed by atoms with Gasteiger partial charge in [0, 0.05) is 78.3 Å². The van der Waals surface area contributed by atoms with Crippen LogP contribution in [0.2, 0.25) is 39.3 Å². The topological polar surface area (TPSA) is 45.4 Å². The number of allylic oxidation sites excluding steroid dienone is 4. The van der Waals surface area contributed by atoms with Crippen molar-refractivity contribution in [2.45, 2.75) is 67.0 Å². The fourth-order valence-corrected chi connectivity index (χ4v) is 1.60. The SMILES string of the molecule is CC1=C[CH+]C=C(C)C1=[N-].Cc1cccc(C)c1[O-].[CH2][Si](C)(C)C.[CH2][Si](C)(C)C.[V]. The molecule has 1 aliphatic carbocycles. The molecule has 0 spiro atoms. The van der Waals surface area contributed by atoms with Crippen LogP contribution in [0, 0.1) is 33.4 Å². The predicted molar refractivity (Wildman–Crippen MR) is 133 cm³/mol. The van der Waals surface area contributed by atoms with Gasteiger partial charge in [0.25, 0.3) is 0 Å². The molecule has 0 bridgehead atoms. The molecule has 161 valence electrons. The minimum Gasteiger partial charge on any atom is -0.872 e. The first kappa shape index (κ1) is 32.7. The molecule has 0 saturated carbocycles. The molecule has 0 N–H and O–H groups in total. The summed E-state index contributed by atoms with van der Waals surface area (Å²) in [6.07, 6.45) is 5.72. The van der Waals surface area contributed by atoms with Crippen LogP contribution in [0.1, 0.15) is 25.0 Å². The van der Waals surface area contributed by atoms with E-state index < -0.39 is 16.1 Å². The molecule has 0 atom stereocenters. The van der Waals surface area contributed by atoms with Gasteiger partial charge in [-0.05, 0) is 19.6 Å². The van der Waals surface area contributed by atoms with Gasteiger partial charge in [-0.2, -0.15) is 0 Å². The average Bonchev–Trinajstić information content (AvgIpc) is 2.47. The van der Waals surface area contributed by atoms with E-state index in [0.29, 0.717) is 5.71 Å². The molecule has 0 heterocycles. The molecular formula is C24H40NOSi2V-. The van der Waals surface area contributed by atoms with Crippen molar-refractivity contribution in [2.75, 3.05) is 0 Å². The molecule has 0 saturated heterocycles. The van der Waals surface area contributed by atoms with Crippen molar-refractivity contribution in [3.63, 3.8) is 0 Å². The molecule has 2 nitrogen and oxygen atoms in total. The number of hydrogen-bond acceptors (Lipinski definition) is 1. The number of benzene rings is 1. The zero-order valence-corrected chi connectivity index (χ0v) is 23.6. The van der Waals surface area contributed by atoms with Crippen LogP contribution in [0.25, 0.3) is 5.41 Å². The van der Waals surface area contributed by atoms with Gasteiger partial charge in [-0.25, -0.2) is 0 Å². The molecule has 0 unspecified atom stereocenters. The third kappa shape index (κ3) is 23.2. The Labute approximate surface area is 195 Å². The van der Waals surface area contributed by atoms with E-state index in [2.05, 4.69) is 52.4 Å². The van der Waals surface area contributed by atoms with Gasteiger partial charge in [0.1, 0.15) is 0 Å². The van der Waals surface area contributed by atoms with Gasteiger partial charge in [-0.15, -0.1) is 5.75 Å². The van der Waals surface area contributed by atoms with Crippen LogP contribution >= 0.6 is 0 Å². The maximum Gasteiger partial charge on any atom is 0.0492 e. The number of rotatable bonds is 0. The van der Waals surface area contributed by atoms with Crippen molar-refractivity contribution in [1.29, 1.82) is 0 Å². The fraction of sp³-hybridized carbons (Fsp3) is 0.417. The second-order valence-electron chi connectivity index (χ2n) is 9.58. The van der Waals surface area contributed by atoms with Gasteiger partial charge >= 0.3 is 0 Å². The standard InChI is InChI=1S/C8H9N.C8H10O.2C4H11Si.V/c2*1-6-4-3-5-7(2)8(6)9;2*1-5(2,3)4;/h3-5H,1-2H3;3-5,9H,1-2H3;2*1H2,2-4H3;/p-1. The first-order chi connectivity index (χ1) is 12.4. The van der Waals surface area contributed by atoms with E-state index in [9.17, 15) is 10.5 Å². The van der Waals surface area contributed by atoms with Crippen LogP contribution in [-0.4, -0.2) is 21.9 Å². The van der Waals surface area contributed by atoms with E-state index in [1.54, 1.807) is 0 Å². The van der Waals surface area contributed by atoms with E-state index in [1.807, 2.05) is 64.5 Å². The molecule has 1 aromatic rings.